The number of carbonyl (C=O) groups is 1. The highest BCUT2D eigenvalue weighted by atomic mass is 79.9. The van der Waals surface area contributed by atoms with Crippen LogP contribution in [0.15, 0.2) is 57.6 Å². The van der Waals surface area contributed by atoms with Crippen LogP contribution in [0.25, 0.3) is 22.5 Å². The first-order chi connectivity index (χ1) is 14.0. The molecular weight excluding hydrogens is 436 g/mol. The van der Waals surface area contributed by atoms with Gasteiger partial charge in [0.05, 0.1) is 29.5 Å². The molecule has 0 aliphatic rings. The average Bonchev–Trinajstić information content (AvgIpc) is 3.33. The topological polar surface area (TPSA) is 82.2 Å². The first-order valence-corrected chi connectivity index (χ1v) is 9.87. The molecule has 1 N–H and O–H groups in total. The summed E-state index contributed by atoms with van der Waals surface area (Å²) in [5.74, 6) is 1.13. The van der Waals surface area contributed by atoms with Crippen molar-refractivity contribution in [3.05, 3.63) is 64.5 Å². The monoisotopic (exact) mass is 454 g/mol. The van der Waals surface area contributed by atoms with Gasteiger partial charge in [0.25, 0.3) is 5.91 Å². The van der Waals surface area contributed by atoms with Crippen LogP contribution in [0.2, 0.25) is 0 Å². The Hall–Kier alpha value is -3.13. The van der Waals surface area contributed by atoms with Gasteiger partial charge in [-0.25, -0.2) is 4.98 Å². The molecule has 8 heteroatoms. The highest BCUT2D eigenvalue weighted by Gasteiger charge is 2.19. The standard InChI is InChI=1S/C21H19BrN4O3/c1-13-19-16(21(27)23-8-10-28-15-6-3-5-14(22)11-15)12-17(18-7-4-9-29-18)24-20(19)26(2)25-13/h3-7,9,11-12H,8,10H2,1-2H3,(H,23,27). The van der Waals surface area contributed by atoms with Crippen molar-refractivity contribution in [1.82, 2.24) is 20.1 Å². The fourth-order valence-corrected chi connectivity index (χ4v) is 3.54. The number of hydrogen-bond donors (Lipinski definition) is 1. The second-order valence-corrected chi connectivity index (χ2v) is 7.42. The number of aromatic nitrogens is 3. The van der Waals surface area contributed by atoms with E-state index in [0.717, 1.165) is 21.3 Å². The van der Waals surface area contributed by atoms with Gasteiger partial charge < -0.3 is 14.5 Å². The number of aryl methyl sites for hydroxylation is 2. The molecule has 0 fully saturated rings. The van der Waals surface area contributed by atoms with Crippen LogP contribution in [0.4, 0.5) is 0 Å². The van der Waals surface area contributed by atoms with E-state index in [4.69, 9.17) is 9.15 Å². The first-order valence-electron chi connectivity index (χ1n) is 9.07. The second kappa shape index (κ2) is 8.08. The van der Waals surface area contributed by atoms with Crippen LogP contribution in [-0.2, 0) is 7.05 Å². The minimum Gasteiger partial charge on any atom is -0.492 e. The van der Waals surface area contributed by atoms with Crippen molar-refractivity contribution in [1.29, 1.82) is 0 Å². The lowest BCUT2D eigenvalue weighted by atomic mass is 10.1. The van der Waals surface area contributed by atoms with Gasteiger partial charge in [0.1, 0.15) is 18.1 Å². The third-order valence-corrected chi connectivity index (χ3v) is 4.93. The van der Waals surface area contributed by atoms with Crippen LogP contribution >= 0.6 is 15.9 Å². The van der Waals surface area contributed by atoms with Crippen molar-refractivity contribution < 1.29 is 13.9 Å². The van der Waals surface area contributed by atoms with Crippen LogP contribution in [0.3, 0.4) is 0 Å². The predicted molar refractivity (Wildman–Crippen MR) is 113 cm³/mol. The summed E-state index contributed by atoms with van der Waals surface area (Å²) in [6.07, 6.45) is 1.58. The molecule has 0 unspecified atom stereocenters. The lowest BCUT2D eigenvalue weighted by Gasteiger charge is -2.10. The molecule has 0 aliphatic heterocycles. The fraction of sp³-hybridized carbons (Fsp3) is 0.190. The number of pyridine rings is 1. The molecular formula is C21H19BrN4O3. The van der Waals surface area contributed by atoms with Gasteiger partial charge >= 0.3 is 0 Å². The van der Waals surface area contributed by atoms with Gasteiger partial charge in [-0.2, -0.15) is 5.10 Å². The molecule has 7 nitrogen and oxygen atoms in total. The Morgan fingerprint density at radius 1 is 1.28 bits per heavy atom. The maximum Gasteiger partial charge on any atom is 0.252 e. The molecule has 0 saturated carbocycles. The van der Waals surface area contributed by atoms with Gasteiger partial charge in [0.15, 0.2) is 11.4 Å². The van der Waals surface area contributed by atoms with E-state index in [-0.39, 0.29) is 5.91 Å². The average molecular weight is 455 g/mol. The van der Waals surface area contributed by atoms with Gasteiger partial charge in [-0.15, -0.1) is 0 Å². The smallest absolute Gasteiger partial charge is 0.252 e. The molecule has 4 aromatic rings. The quantitative estimate of drug-likeness (QED) is 0.443. The summed E-state index contributed by atoms with van der Waals surface area (Å²) in [4.78, 5) is 17.6. The van der Waals surface area contributed by atoms with Gasteiger partial charge in [0, 0.05) is 11.5 Å². The minimum atomic E-state index is -0.209. The maximum absolute atomic E-state index is 12.9. The molecule has 3 heterocycles. The number of rotatable bonds is 6. The van der Waals surface area contributed by atoms with Gasteiger partial charge in [-0.3, -0.25) is 9.48 Å². The van der Waals surface area contributed by atoms with E-state index in [1.165, 1.54) is 0 Å². The van der Waals surface area contributed by atoms with Crippen LogP contribution in [-0.4, -0.2) is 33.8 Å². The largest absolute Gasteiger partial charge is 0.492 e. The predicted octanol–water partition coefficient (Wildman–Crippen LogP) is 4.11. The number of hydrogen-bond acceptors (Lipinski definition) is 5. The molecule has 148 valence electrons. The van der Waals surface area contributed by atoms with Gasteiger partial charge in [-0.05, 0) is 43.3 Å². The molecule has 0 radical (unpaired) electrons. The molecule has 3 aromatic heterocycles. The van der Waals surface area contributed by atoms with E-state index >= 15 is 0 Å². The Kier molecular flexibility index (Phi) is 5.35. The summed E-state index contributed by atoms with van der Waals surface area (Å²) < 4.78 is 13.8. The number of nitrogens with zero attached hydrogens (tertiary/aromatic N) is 3. The number of fused-ring (bicyclic) bond motifs is 1. The molecule has 0 saturated heterocycles. The molecule has 1 amide bonds. The van der Waals surface area contributed by atoms with Crippen LogP contribution < -0.4 is 10.1 Å². The summed E-state index contributed by atoms with van der Waals surface area (Å²) in [6.45, 7) is 2.59. The molecule has 0 bridgehead atoms. The van der Waals surface area contributed by atoms with Crippen molar-refractivity contribution >= 4 is 32.9 Å². The van der Waals surface area contributed by atoms with E-state index in [1.807, 2.05) is 44.3 Å². The Morgan fingerprint density at radius 2 is 2.14 bits per heavy atom. The van der Waals surface area contributed by atoms with E-state index < -0.39 is 0 Å². The summed E-state index contributed by atoms with van der Waals surface area (Å²) >= 11 is 3.41. The zero-order valence-corrected chi connectivity index (χ0v) is 17.6. The number of halogens is 1. The Bertz CT molecular complexity index is 1170. The molecule has 0 spiro atoms. The van der Waals surface area contributed by atoms with E-state index in [1.54, 1.807) is 23.1 Å². The summed E-state index contributed by atoms with van der Waals surface area (Å²) in [7, 11) is 1.81. The number of furan rings is 1. The number of carbonyl (C=O) groups excluding carboxylic acids is 1. The van der Waals surface area contributed by atoms with Crippen molar-refractivity contribution in [3.63, 3.8) is 0 Å². The van der Waals surface area contributed by atoms with Gasteiger partial charge in [0.2, 0.25) is 0 Å². The van der Waals surface area contributed by atoms with Crippen LogP contribution in [0.1, 0.15) is 16.1 Å². The van der Waals surface area contributed by atoms with Crippen molar-refractivity contribution in [2.24, 2.45) is 7.05 Å². The lowest BCUT2D eigenvalue weighted by Crippen LogP contribution is -2.28. The zero-order valence-electron chi connectivity index (χ0n) is 16.0. The summed E-state index contributed by atoms with van der Waals surface area (Å²) in [5, 5.41) is 8.06. The Morgan fingerprint density at radius 3 is 2.90 bits per heavy atom. The molecule has 0 aliphatic carbocycles. The van der Waals surface area contributed by atoms with E-state index in [2.05, 4.69) is 31.3 Å². The summed E-state index contributed by atoms with van der Waals surface area (Å²) in [6, 6.07) is 12.9. The van der Waals surface area contributed by atoms with E-state index in [9.17, 15) is 4.79 Å². The number of nitrogens with one attached hydrogen (secondary N) is 1. The molecule has 0 atom stereocenters. The Labute approximate surface area is 175 Å². The number of amides is 1. The second-order valence-electron chi connectivity index (χ2n) is 6.50. The van der Waals surface area contributed by atoms with Crippen molar-refractivity contribution in [3.8, 4) is 17.2 Å². The van der Waals surface area contributed by atoms with E-state index in [0.29, 0.717) is 35.8 Å². The molecule has 29 heavy (non-hydrogen) atoms. The summed E-state index contributed by atoms with van der Waals surface area (Å²) in [5.41, 5.74) is 2.47. The fourth-order valence-electron chi connectivity index (χ4n) is 3.16. The molecule has 1 aromatic carbocycles. The normalized spacial score (nSPS) is 11.0. The SMILES string of the molecule is Cc1nn(C)c2nc(-c3ccco3)cc(C(=O)NCCOc3cccc(Br)c3)c12. The molecule has 4 rings (SSSR count). The number of ether oxygens (including phenoxy) is 1. The van der Waals surface area contributed by atoms with Crippen LogP contribution in [0.5, 0.6) is 5.75 Å². The minimum absolute atomic E-state index is 0.209. The zero-order chi connectivity index (χ0) is 20.4. The highest BCUT2D eigenvalue weighted by molar-refractivity contribution is 9.10. The van der Waals surface area contributed by atoms with Crippen molar-refractivity contribution in [2.75, 3.05) is 13.2 Å². The number of benzene rings is 1. The third-order valence-electron chi connectivity index (χ3n) is 4.44. The first kappa shape index (κ1) is 19.2. The van der Waals surface area contributed by atoms with Crippen molar-refractivity contribution in [2.45, 2.75) is 6.92 Å². The lowest BCUT2D eigenvalue weighted by molar-refractivity contribution is 0.0948. The Balaban J connectivity index is 1.55. The highest BCUT2D eigenvalue weighted by Crippen LogP contribution is 2.27. The van der Waals surface area contributed by atoms with Gasteiger partial charge in [-0.1, -0.05) is 22.0 Å². The third kappa shape index (κ3) is 4.02. The maximum atomic E-state index is 12.9. The van der Waals surface area contributed by atoms with Crippen LogP contribution in [0, 0.1) is 6.92 Å².